The number of hydrogen-bond donors (Lipinski definition) is 0. The Labute approximate surface area is 192 Å². The fraction of sp³-hybridized carbons (Fsp3) is 0.480. The van der Waals surface area contributed by atoms with Crippen molar-refractivity contribution >= 4 is 27.3 Å². The second kappa shape index (κ2) is 9.94. The Balaban J connectivity index is 1.56. The van der Waals surface area contributed by atoms with E-state index < -0.39 is 10.0 Å². The molecule has 1 saturated heterocycles. The first-order valence-corrected chi connectivity index (χ1v) is 13.1. The van der Waals surface area contributed by atoms with E-state index in [-0.39, 0.29) is 5.91 Å². The Morgan fingerprint density at radius 2 is 1.66 bits per heavy atom. The van der Waals surface area contributed by atoms with Gasteiger partial charge in [0, 0.05) is 44.8 Å². The smallest absolute Gasteiger partial charge is 0.232 e. The molecule has 0 bridgehead atoms. The minimum absolute atomic E-state index is 0.0972. The summed E-state index contributed by atoms with van der Waals surface area (Å²) in [5.41, 5.74) is 6.43. The Kier molecular flexibility index (Phi) is 7.49. The van der Waals surface area contributed by atoms with E-state index in [1.165, 1.54) is 27.4 Å². The average molecular weight is 458 g/mol. The molecule has 0 unspecified atom stereocenters. The number of carbonyl (C=O) groups excluding carboxylic acids is 1. The second-order valence-corrected chi connectivity index (χ2v) is 10.7. The zero-order valence-electron chi connectivity index (χ0n) is 19.9. The van der Waals surface area contributed by atoms with Crippen LogP contribution in [0.25, 0.3) is 0 Å². The van der Waals surface area contributed by atoms with Crippen molar-refractivity contribution in [3.63, 3.8) is 0 Å². The first-order valence-electron chi connectivity index (χ1n) is 11.2. The number of sulfonamides is 1. The van der Waals surface area contributed by atoms with Crippen LogP contribution >= 0.6 is 0 Å². The van der Waals surface area contributed by atoms with Crippen LogP contribution in [0.2, 0.25) is 0 Å². The standard InChI is InChI=1S/C25H35N3O3S/c1-19-11-12-21(3)24(18-19)28(32(5,30)31)13-7-10-25(29)27-16-14-26(15-17-27)23-9-6-8-20(2)22(23)4/h6,8-9,11-12,18H,7,10,13-17H2,1-5H3. The van der Waals surface area contributed by atoms with Gasteiger partial charge in [-0.05, 0) is 68.5 Å². The third kappa shape index (κ3) is 5.63. The highest BCUT2D eigenvalue weighted by Gasteiger charge is 2.24. The number of piperazine rings is 1. The minimum atomic E-state index is -3.42. The van der Waals surface area contributed by atoms with Crippen LogP contribution in [0.1, 0.15) is 35.1 Å². The zero-order chi connectivity index (χ0) is 23.5. The van der Waals surface area contributed by atoms with Crippen LogP contribution in [0.15, 0.2) is 36.4 Å². The lowest BCUT2D eigenvalue weighted by atomic mass is 10.1. The van der Waals surface area contributed by atoms with Gasteiger partial charge in [0.2, 0.25) is 15.9 Å². The van der Waals surface area contributed by atoms with Gasteiger partial charge in [-0.3, -0.25) is 9.10 Å². The third-order valence-electron chi connectivity index (χ3n) is 6.33. The van der Waals surface area contributed by atoms with Crippen LogP contribution in [-0.2, 0) is 14.8 Å². The number of amides is 1. The van der Waals surface area contributed by atoms with Gasteiger partial charge in [-0.1, -0.05) is 24.3 Å². The molecule has 0 aliphatic carbocycles. The monoisotopic (exact) mass is 457 g/mol. The summed E-state index contributed by atoms with van der Waals surface area (Å²) < 4.78 is 26.3. The summed E-state index contributed by atoms with van der Waals surface area (Å²) in [6.45, 7) is 11.4. The number of aryl methyl sites for hydroxylation is 3. The predicted molar refractivity (Wildman–Crippen MR) is 132 cm³/mol. The van der Waals surface area contributed by atoms with Gasteiger partial charge in [0.25, 0.3) is 0 Å². The van der Waals surface area contributed by atoms with Crippen molar-refractivity contribution in [2.45, 2.75) is 40.5 Å². The van der Waals surface area contributed by atoms with E-state index in [9.17, 15) is 13.2 Å². The third-order valence-corrected chi connectivity index (χ3v) is 7.51. The lowest BCUT2D eigenvalue weighted by Gasteiger charge is -2.37. The molecule has 3 rings (SSSR count). The highest BCUT2D eigenvalue weighted by Crippen LogP contribution is 2.26. The molecule has 0 aromatic heterocycles. The molecule has 0 spiro atoms. The largest absolute Gasteiger partial charge is 0.368 e. The van der Waals surface area contributed by atoms with E-state index in [1.54, 1.807) is 0 Å². The number of benzene rings is 2. The van der Waals surface area contributed by atoms with Crippen molar-refractivity contribution in [2.24, 2.45) is 0 Å². The fourth-order valence-corrected chi connectivity index (χ4v) is 5.27. The number of anilines is 2. The van der Waals surface area contributed by atoms with Crippen molar-refractivity contribution in [1.29, 1.82) is 0 Å². The molecule has 6 nitrogen and oxygen atoms in total. The van der Waals surface area contributed by atoms with E-state index in [2.05, 4.69) is 36.9 Å². The van der Waals surface area contributed by atoms with Crippen LogP contribution in [0.5, 0.6) is 0 Å². The van der Waals surface area contributed by atoms with Crippen LogP contribution in [0.3, 0.4) is 0 Å². The van der Waals surface area contributed by atoms with Crippen LogP contribution < -0.4 is 9.21 Å². The summed E-state index contributed by atoms with van der Waals surface area (Å²) in [7, 11) is -3.42. The quantitative estimate of drug-likeness (QED) is 0.634. The average Bonchev–Trinajstić information content (AvgIpc) is 2.74. The lowest BCUT2D eigenvalue weighted by molar-refractivity contribution is -0.131. The topological polar surface area (TPSA) is 60.9 Å². The molecule has 0 radical (unpaired) electrons. The van der Waals surface area contributed by atoms with Gasteiger partial charge in [-0.15, -0.1) is 0 Å². The Bertz CT molecular complexity index is 1070. The minimum Gasteiger partial charge on any atom is -0.368 e. The summed E-state index contributed by atoms with van der Waals surface area (Å²) in [4.78, 5) is 17.0. The normalized spacial score (nSPS) is 14.5. The lowest BCUT2D eigenvalue weighted by Crippen LogP contribution is -2.49. The van der Waals surface area contributed by atoms with Crippen molar-refractivity contribution in [3.05, 3.63) is 58.7 Å². The molecule has 1 amide bonds. The summed E-state index contributed by atoms with van der Waals surface area (Å²) in [6.07, 6.45) is 2.07. The van der Waals surface area contributed by atoms with Crippen LogP contribution in [0.4, 0.5) is 11.4 Å². The van der Waals surface area contributed by atoms with Crippen molar-refractivity contribution in [1.82, 2.24) is 4.90 Å². The molecule has 1 fully saturated rings. The molecule has 2 aromatic carbocycles. The first kappa shape index (κ1) is 24.1. The molecular weight excluding hydrogens is 422 g/mol. The molecule has 1 heterocycles. The molecule has 7 heteroatoms. The number of nitrogens with zero attached hydrogens (tertiary/aromatic N) is 3. The number of hydrogen-bond acceptors (Lipinski definition) is 4. The van der Waals surface area contributed by atoms with Crippen molar-refractivity contribution in [3.8, 4) is 0 Å². The highest BCUT2D eigenvalue weighted by atomic mass is 32.2. The summed E-state index contributed by atoms with van der Waals surface area (Å²) >= 11 is 0. The summed E-state index contributed by atoms with van der Waals surface area (Å²) in [5.74, 6) is 0.0972. The molecule has 174 valence electrons. The number of carbonyl (C=O) groups is 1. The highest BCUT2D eigenvalue weighted by molar-refractivity contribution is 7.92. The van der Waals surface area contributed by atoms with Gasteiger partial charge in [0.1, 0.15) is 0 Å². The summed E-state index contributed by atoms with van der Waals surface area (Å²) in [5, 5.41) is 0. The predicted octanol–water partition coefficient (Wildman–Crippen LogP) is 3.82. The molecule has 1 aliphatic rings. The number of rotatable bonds is 7. The zero-order valence-corrected chi connectivity index (χ0v) is 20.7. The molecule has 0 N–H and O–H groups in total. The Morgan fingerprint density at radius 1 is 0.969 bits per heavy atom. The molecule has 1 aliphatic heterocycles. The van der Waals surface area contributed by atoms with Crippen molar-refractivity contribution in [2.75, 3.05) is 48.2 Å². The molecule has 2 aromatic rings. The van der Waals surface area contributed by atoms with E-state index in [1.807, 2.05) is 36.9 Å². The molecule has 0 saturated carbocycles. The van der Waals surface area contributed by atoms with Gasteiger partial charge in [0.15, 0.2) is 0 Å². The maximum absolute atomic E-state index is 12.8. The van der Waals surface area contributed by atoms with Gasteiger partial charge >= 0.3 is 0 Å². The maximum atomic E-state index is 12.8. The SMILES string of the molecule is Cc1ccc(C)c(N(CCCC(=O)N2CCN(c3cccc(C)c3C)CC2)S(C)(=O)=O)c1. The van der Waals surface area contributed by atoms with Gasteiger partial charge < -0.3 is 9.80 Å². The molecular formula is C25H35N3O3S. The van der Waals surface area contributed by atoms with Gasteiger partial charge in [-0.2, -0.15) is 0 Å². The fourth-order valence-electron chi connectivity index (χ4n) is 4.26. The Hall–Kier alpha value is -2.54. The maximum Gasteiger partial charge on any atom is 0.232 e. The molecule has 0 atom stereocenters. The van der Waals surface area contributed by atoms with E-state index >= 15 is 0 Å². The van der Waals surface area contributed by atoms with Crippen LogP contribution in [-0.4, -0.2) is 58.2 Å². The van der Waals surface area contributed by atoms with Gasteiger partial charge in [0.05, 0.1) is 11.9 Å². The van der Waals surface area contributed by atoms with Gasteiger partial charge in [-0.25, -0.2) is 8.42 Å². The van der Waals surface area contributed by atoms with Crippen molar-refractivity contribution < 1.29 is 13.2 Å². The Morgan fingerprint density at radius 3 is 2.31 bits per heavy atom. The first-order chi connectivity index (χ1) is 15.1. The van der Waals surface area contributed by atoms with E-state index in [4.69, 9.17) is 0 Å². The van der Waals surface area contributed by atoms with E-state index in [0.717, 1.165) is 24.2 Å². The summed E-state index contributed by atoms with van der Waals surface area (Å²) in [6, 6.07) is 12.1. The second-order valence-electron chi connectivity index (χ2n) is 8.82. The van der Waals surface area contributed by atoms with E-state index in [0.29, 0.717) is 38.2 Å². The molecule has 32 heavy (non-hydrogen) atoms. The van der Waals surface area contributed by atoms with Crippen LogP contribution in [0, 0.1) is 27.7 Å².